The van der Waals surface area contributed by atoms with Crippen LogP contribution in [-0.2, 0) is 13.0 Å². The van der Waals surface area contributed by atoms with Gasteiger partial charge >= 0.3 is 0 Å². The van der Waals surface area contributed by atoms with Crippen molar-refractivity contribution in [2.75, 3.05) is 26.2 Å². The number of nitrogens with zero attached hydrogens (tertiary/aromatic N) is 4. The smallest absolute Gasteiger partial charge is 0.257 e. The number of rotatable bonds is 2. The van der Waals surface area contributed by atoms with Gasteiger partial charge in [-0.1, -0.05) is 0 Å². The van der Waals surface area contributed by atoms with E-state index in [1.54, 1.807) is 16.0 Å². The van der Waals surface area contributed by atoms with Crippen LogP contribution in [0.15, 0.2) is 29.3 Å². The lowest BCUT2D eigenvalue weighted by molar-refractivity contribution is 0.0534. The number of hydrogen-bond acceptors (Lipinski definition) is 4. The van der Waals surface area contributed by atoms with Gasteiger partial charge < -0.3 is 14.8 Å². The molecule has 2 aliphatic rings. The van der Waals surface area contributed by atoms with Gasteiger partial charge in [0.1, 0.15) is 0 Å². The van der Waals surface area contributed by atoms with Crippen molar-refractivity contribution in [3.05, 3.63) is 51.7 Å². The number of aryl methyl sites for hydroxylation is 1. The fourth-order valence-corrected chi connectivity index (χ4v) is 3.61. The summed E-state index contributed by atoms with van der Waals surface area (Å²) in [6.45, 7) is 2.83. The van der Waals surface area contributed by atoms with Gasteiger partial charge in [-0.05, 0) is 25.3 Å². The summed E-state index contributed by atoms with van der Waals surface area (Å²) >= 11 is 0. The highest BCUT2D eigenvalue weighted by Crippen LogP contribution is 2.20. The maximum atomic E-state index is 12.8. The Balaban J connectivity index is 1.41. The summed E-state index contributed by atoms with van der Waals surface area (Å²) in [4.78, 5) is 42.5. The Morgan fingerprint density at radius 2 is 1.69 bits per heavy atom. The Hall–Kier alpha value is -2.90. The summed E-state index contributed by atoms with van der Waals surface area (Å²) in [7, 11) is 0. The summed E-state index contributed by atoms with van der Waals surface area (Å²) in [6, 6.07) is 2.87. The second kappa shape index (κ2) is 6.78. The highest BCUT2D eigenvalue weighted by atomic mass is 16.2. The van der Waals surface area contributed by atoms with Crippen molar-refractivity contribution >= 4 is 11.8 Å². The molecule has 0 saturated carbocycles. The summed E-state index contributed by atoms with van der Waals surface area (Å²) in [5.74, 6) is -0.124. The molecular weight excluding hydrogens is 334 g/mol. The molecule has 8 nitrogen and oxygen atoms in total. The summed E-state index contributed by atoms with van der Waals surface area (Å²) in [5.41, 5.74) is 1.95. The molecule has 0 bridgehead atoms. The highest BCUT2D eigenvalue weighted by Gasteiger charge is 2.28. The third-order valence-corrected chi connectivity index (χ3v) is 5.10. The average molecular weight is 355 g/mol. The zero-order valence-corrected chi connectivity index (χ0v) is 14.5. The van der Waals surface area contributed by atoms with E-state index in [4.69, 9.17) is 0 Å². The van der Waals surface area contributed by atoms with Gasteiger partial charge in [0, 0.05) is 45.0 Å². The lowest BCUT2D eigenvalue weighted by Crippen LogP contribution is -2.50. The third-order valence-electron chi connectivity index (χ3n) is 5.10. The van der Waals surface area contributed by atoms with Gasteiger partial charge in [-0.3, -0.25) is 19.1 Å². The molecule has 2 aromatic rings. The fourth-order valence-electron chi connectivity index (χ4n) is 3.61. The quantitative estimate of drug-likeness (QED) is 0.849. The number of nitrogens with one attached hydrogen (secondary N) is 1. The van der Waals surface area contributed by atoms with E-state index in [2.05, 4.69) is 10.1 Å². The molecule has 2 aromatic heterocycles. The first-order valence-corrected chi connectivity index (χ1v) is 8.95. The maximum Gasteiger partial charge on any atom is 0.257 e. The third kappa shape index (κ3) is 3.02. The minimum atomic E-state index is -0.235. The zero-order chi connectivity index (χ0) is 18.1. The number of amides is 2. The number of carbonyl (C=O) groups excluding carboxylic acids is 2. The lowest BCUT2D eigenvalue weighted by Gasteiger charge is -2.34. The van der Waals surface area contributed by atoms with Crippen LogP contribution in [0.2, 0.25) is 0 Å². The standard InChI is InChI=1S/C18H21N5O3/c24-16-5-4-13(11-19-16)17(25)21-7-9-22(10-8-21)18(26)14-12-20-23-6-2-1-3-15(14)23/h4-5,11-12H,1-3,6-10H2,(H,19,24). The number of pyridine rings is 1. The van der Waals surface area contributed by atoms with E-state index in [0.717, 1.165) is 31.5 Å². The number of hydrogen-bond donors (Lipinski definition) is 1. The Kier molecular flexibility index (Phi) is 4.32. The molecule has 0 radical (unpaired) electrons. The van der Waals surface area contributed by atoms with Crippen molar-refractivity contribution in [3.8, 4) is 0 Å². The summed E-state index contributed by atoms with van der Waals surface area (Å²) in [5, 5.41) is 4.34. The molecule has 0 unspecified atom stereocenters. The molecule has 0 aliphatic carbocycles. The van der Waals surface area contributed by atoms with Crippen LogP contribution in [0.4, 0.5) is 0 Å². The number of aromatic nitrogens is 3. The van der Waals surface area contributed by atoms with Crippen LogP contribution in [0.1, 0.15) is 39.3 Å². The normalized spacial score (nSPS) is 17.1. The molecule has 0 aromatic carbocycles. The first-order chi connectivity index (χ1) is 12.6. The van der Waals surface area contributed by atoms with Crippen molar-refractivity contribution in [2.24, 2.45) is 0 Å². The van der Waals surface area contributed by atoms with E-state index in [1.165, 1.54) is 18.3 Å². The van der Waals surface area contributed by atoms with Gasteiger partial charge in [-0.25, -0.2) is 0 Å². The Labute approximate surface area is 150 Å². The number of piperazine rings is 1. The first-order valence-electron chi connectivity index (χ1n) is 8.95. The second-order valence-corrected chi connectivity index (χ2v) is 6.71. The molecule has 2 amide bonds. The van der Waals surface area contributed by atoms with Crippen LogP contribution in [-0.4, -0.2) is 62.6 Å². The summed E-state index contributed by atoms with van der Waals surface area (Å²) < 4.78 is 1.94. The van der Waals surface area contributed by atoms with Gasteiger partial charge in [0.25, 0.3) is 11.8 Å². The Morgan fingerprint density at radius 3 is 2.38 bits per heavy atom. The predicted octanol–water partition coefficient (Wildman–Crippen LogP) is 0.506. The van der Waals surface area contributed by atoms with Crippen molar-refractivity contribution in [1.82, 2.24) is 24.6 Å². The number of aromatic amines is 1. The highest BCUT2D eigenvalue weighted by molar-refractivity contribution is 5.96. The van der Waals surface area contributed by atoms with Crippen molar-refractivity contribution in [3.63, 3.8) is 0 Å². The number of H-pyrrole nitrogens is 1. The van der Waals surface area contributed by atoms with Crippen molar-refractivity contribution < 1.29 is 9.59 Å². The second-order valence-electron chi connectivity index (χ2n) is 6.71. The molecule has 4 rings (SSSR count). The first kappa shape index (κ1) is 16.6. The minimum Gasteiger partial charge on any atom is -0.335 e. The van der Waals surface area contributed by atoms with E-state index in [0.29, 0.717) is 37.3 Å². The monoisotopic (exact) mass is 355 g/mol. The maximum absolute atomic E-state index is 12.8. The SMILES string of the molecule is O=C(c1ccc(=O)[nH]c1)N1CCN(C(=O)c2cnn3c2CCCC3)CC1. The summed E-state index contributed by atoms with van der Waals surface area (Å²) in [6.07, 6.45) is 6.20. The zero-order valence-electron chi connectivity index (χ0n) is 14.5. The van der Waals surface area contributed by atoms with Gasteiger partial charge in [0.05, 0.1) is 23.0 Å². The van der Waals surface area contributed by atoms with Crippen LogP contribution in [0.3, 0.4) is 0 Å². The molecule has 1 saturated heterocycles. The lowest BCUT2D eigenvalue weighted by atomic mass is 10.1. The fraction of sp³-hybridized carbons (Fsp3) is 0.444. The van der Waals surface area contributed by atoms with E-state index in [1.807, 2.05) is 4.68 Å². The molecular formula is C18H21N5O3. The largest absolute Gasteiger partial charge is 0.335 e. The van der Waals surface area contributed by atoms with E-state index >= 15 is 0 Å². The average Bonchev–Trinajstić information content (AvgIpc) is 3.12. The molecule has 8 heteroatoms. The number of fused-ring (bicyclic) bond motifs is 1. The molecule has 0 atom stereocenters. The molecule has 1 fully saturated rings. The Morgan fingerprint density at radius 1 is 0.962 bits per heavy atom. The van der Waals surface area contributed by atoms with Gasteiger partial charge in [-0.15, -0.1) is 0 Å². The van der Waals surface area contributed by atoms with E-state index < -0.39 is 0 Å². The van der Waals surface area contributed by atoms with E-state index in [9.17, 15) is 14.4 Å². The van der Waals surface area contributed by atoms with Crippen molar-refractivity contribution in [2.45, 2.75) is 25.8 Å². The van der Waals surface area contributed by atoms with Gasteiger partial charge in [-0.2, -0.15) is 5.10 Å². The van der Waals surface area contributed by atoms with Crippen LogP contribution in [0.5, 0.6) is 0 Å². The molecule has 1 N–H and O–H groups in total. The molecule has 2 aliphatic heterocycles. The van der Waals surface area contributed by atoms with Crippen LogP contribution >= 0.6 is 0 Å². The minimum absolute atomic E-state index is 0.00397. The van der Waals surface area contributed by atoms with Crippen LogP contribution < -0.4 is 5.56 Å². The van der Waals surface area contributed by atoms with E-state index in [-0.39, 0.29) is 17.4 Å². The van der Waals surface area contributed by atoms with Crippen LogP contribution in [0.25, 0.3) is 0 Å². The predicted molar refractivity (Wildman–Crippen MR) is 94.0 cm³/mol. The Bertz CT molecular complexity index is 872. The van der Waals surface area contributed by atoms with Gasteiger partial charge in [0.15, 0.2) is 0 Å². The van der Waals surface area contributed by atoms with Crippen LogP contribution in [0, 0.1) is 0 Å². The molecule has 0 spiro atoms. The number of carbonyl (C=O) groups is 2. The molecule has 26 heavy (non-hydrogen) atoms. The molecule has 4 heterocycles. The van der Waals surface area contributed by atoms with Crippen molar-refractivity contribution in [1.29, 1.82) is 0 Å². The molecule has 136 valence electrons. The topological polar surface area (TPSA) is 91.3 Å². The van der Waals surface area contributed by atoms with Gasteiger partial charge in [0.2, 0.25) is 5.56 Å².